The van der Waals surface area contributed by atoms with Crippen molar-refractivity contribution in [3.63, 3.8) is 0 Å². The van der Waals surface area contributed by atoms with Crippen LogP contribution in [0.4, 0.5) is 0 Å². The van der Waals surface area contributed by atoms with Crippen LogP contribution in [-0.4, -0.2) is 91.4 Å². The zero-order valence-corrected chi connectivity index (χ0v) is 28.4. The SMILES string of the molecule is COc1ccc2cc1OCC(=O)N[C@@H](C)C(=O)N(C)CCCCN(C(=O)c1cc(C)nc3c(C)cc(C)cc13)CCCNC(=O)CC2. The molecule has 2 bridgehead atoms. The number of aryl methyl sites for hydroxylation is 4. The van der Waals surface area contributed by atoms with Gasteiger partial charge in [-0.05, 0) is 88.8 Å². The van der Waals surface area contributed by atoms with Gasteiger partial charge in [-0.15, -0.1) is 0 Å². The largest absolute Gasteiger partial charge is 0.493 e. The number of methoxy groups -OCH3 is 1. The first-order valence-electron chi connectivity index (χ1n) is 16.3. The summed E-state index contributed by atoms with van der Waals surface area (Å²) < 4.78 is 11.1. The first-order chi connectivity index (χ1) is 22.5. The van der Waals surface area contributed by atoms with Gasteiger partial charge in [0.15, 0.2) is 18.1 Å². The molecule has 1 aliphatic heterocycles. The van der Waals surface area contributed by atoms with Gasteiger partial charge in [-0.2, -0.15) is 0 Å². The molecule has 2 N–H and O–H groups in total. The van der Waals surface area contributed by atoms with E-state index in [1.807, 2.05) is 43.9 Å². The van der Waals surface area contributed by atoms with Gasteiger partial charge >= 0.3 is 0 Å². The van der Waals surface area contributed by atoms with E-state index < -0.39 is 11.9 Å². The number of carbonyl (C=O) groups excluding carboxylic acids is 4. The smallest absolute Gasteiger partial charge is 0.258 e. The Morgan fingerprint density at radius 2 is 1.70 bits per heavy atom. The van der Waals surface area contributed by atoms with Gasteiger partial charge in [-0.25, -0.2) is 0 Å². The summed E-state index contributed by atoms with van der Waals surface area (Å²) in [6.45, 7) is 9.12. The molecule has 47 heavy (non-hydrogen) atoms. The summed E-state index contributed by atoms with van der Waals surface area (Å²) in [5, 5.41) is 6.53. The van der Waals surface area contributed by atoms with Gasteiger partial charge in [0.05, 0.1) is 18.2 Å². The molecule has 0 saturated carbocycles. The van der Waals surface area contributed by atoms with Crippen molar-refractivity contribution in [3.8, 4) is 11.5 Å². The summed E-state index contributed by atoms with van der Waals surface area (Å²) >= 11 is 0. The molecule has 0 saturated heterocycles. The number of hydrogen-bond donors (Lipinski definition) is 2. The highest BCUT2D eigenvalue weighted by molar-refractivity contribution is 6.07. The van der Waals surface area contributed by atoms with Gasteiger partial charge in [0, 0.05) is 50.7 Å². The summed E-state index contributed by atoms with van der Waals surface area (Å²) in [7, 11) is 3.22. The monoisotopic (exact) mass is 645 g/mol. The molecule has 0 radical (unpaired) electrons. The topological polar surface area (TPSA) is 130 Å². The van der Waals surface area contributed by atoms with Crippen molar-refractivity contribution >= 4 is 34.5 Å². The molecule has 0 fully saturated rings. The minimum atomic E-state index is -0.742. The Kier molecular flexibility index (Phi) is 12.2. The van der Waals surface area contributed by atoms with Crippen LogP contribution in [0.15, 0.2) is 36.4 Å². The fourth-order valence-corrected chi connectivity index (χ4v) is 5.89. The molecule has 4 amide bonds. The number of carbonyl (C=O) groups is 4. The highest BCUT2D eigenvalue weighted by atomic mass is 16.5. The van der Waals surface area contributed by atoms with Crippen molar-refractivity contribution in [1.29, 1.82) is 0 Å². The molecule has 252 valence electrons. The number of ether oxygens (including phenoxy) is 2. The number of pyridine rings is 1. The maximum Gasteiger partial charge on any atom is 0.258 e. The molecular formula is C36H47N5O6. The Morgan fingerprint density at radius 3 is 2.47 bits per heavy atom. The van der Waals surface area contributed by atoms with Gasteiger partial charge in [-0.3, -0.25) is 24.2 Å². The maximum absolute atomic E-state index is 14.1. The molecule has 0 spiro atoms. The molecule has 1 atom stereocenters. The van der Waals surface area contributed by atoms with Gasteiger partial charge in [-0.1, -0.05) is 17.7 Å². The fraction of sp³-hybridized carbons (Fsp3) is 0.472. The highest BCUT2D eigenvalue weighted by Gasteiger charge is 2.22. The zero-order chi connectivity index (χ0) is 34.1. The number of nitrogens with one attached hydrogen (secondary N) is 2. The molecule has 11 nitrogen and oxygen atoms in total. The van der Waals surface area contributed by atoms with E-state index in [9.17, 15) is 19.2 Å². The van der Waals surface area contributed by atoms with E-state index in [1.54, 1.807) is 31.0 Å². The van der Waals surface area contributed by atoms with Crippen LogP contribution in [0.1, 0.15) is 65.3 Å². The van der Waals surface area contributed by atoms with E-state index >= 15 is 0 Å². The number of likely N-dealkylation sites (N-methyl/N-ethyl adjacent to an activating group) is 1. The Labute approximate surface area is 277 Å². The average Bonchev–Trinajstić information content (AvgIpc) is 3.04. The second-order valence-electron chi connectivity index (χ2n) is 12.3. The normalized spacial score (nSPS) is 18.0. The van der Waals surface area contributed by atoms with Crippen molar-refractivity contribution in [1.82, 2.24) is 25.4 Å². The maximum atomic E-state index is 14.1. The van der Waals surface area contributed by atoms with Crippen molar-refractivity contribution in [2.45, 2.75) is 65.8 Å². The molecule has 2 heterocycles. The van der Waals surface area contributed by atoms with Gasteiger partial charge in [0.25, 0.3) is 11.8 Å². The van der Waals surface area contributed by atoms with Crippen LogP contribution >= 0.6 is 0 Å². The summed E-state index contributed by atoms with van der Waals surface area (Å²) in [5.74, 6) is 0.0187. The molecule has 1 aliphatic rings. The van der Waals surface area contributed by atoms with Gasteiger partial charge in [0.1, 0.15) is 6.04 Å². The summed E-state index contributed by atoms with van der Waals surface area (Å²) in [5.41, 5.74) is 5.15. The predicted molar refractivity (Wildman–Crippen MR) is 181 cm³/mol. The minimum absolute atomic E-state index is 0.0791. The number of benzene rings is 2. The van der Waals surface area contributed by atoms with E-state index in [0.29, 0.717) is 68.9 Å². The lowest BCUT2D eigenvalue weighted by molar-refractivity contribution is -0.135. The average molecular weight is 646 g/mol. The Morgan fingerprint density at radius 1 is 0.957 bits per heavy atom. The van der Waals surface area contributed by atoms with E-state index in [0.717, 1.165) is 33.3 Å². The molecular weight excluding hydrogens is 598 g/mol. The van der Waals surface area contributed by atoms with Crippen LogP contribution in [0.5, 0.6) is 11.5 Å². The third kappa shape index (κ3) is 9.43. The van der Waals surface area contributed by atoms with E-state index in [-0.39, 0.29) is 30.7 Å². The van der Waals surface area contributed by atoms with E-state index in [1.165, 1.54) is 7.11 Å². The van der Waals surface area contributed by atoms with Crippen LogP contribution in [0.3, 0.4) is 0 Å². The first-order valence-corrected chi connectivity index (χ1v) is 16.3. The molecule has 3 aromatic rings. The lowest BCUT2D eigenvalue weighted by Crippen LogP contribution is -2.47. The molecule has 1 aromatic heterocycles. The van der Waals surface area contributed by atoms with Crippen LogP contribution < -0.4 is 20.1 Å². The number of nitrogens with zero attached hydrogens (tertiary/aromatic N) is 3. The van der Waals surface area contributed by atoms with Crippen LogP contribution in [0.25, 0.3) is 10.9 Å². The number of rotatable bonds is 2. The third-order valence-corrected chi connectivity index (χ3v) is 8.34. The van der Waals surface area contributed by atoms with Gasteiger partial charge in [0.2, 0.25) is 11.8 Å². The third-order valence-electron chi connectivity index (χ3n) is 8.34. The predicted octanol–water partition coefficient (Wildman–Crippen LogP) is 3.89. The second-order valence-corrected chi connectivity index (χ2v) is 12.3. The molecule has 0 aliphatic carbocycles. The fourth-order valence-electron chi connectivity index (χ4n) is 5.89. The molecule has 4 rings (SSSR count). The number of aromatic nitrogens is 1. The van der Waals surface area contributed by atoms with Crippen LogP contribution in [0.2, 0.25) is 0 Å². The number of hydrogen-bond acceptors (Lipinski definition) is 7. The Balaban J connectivity index is 1.53. The first kappa shape index (κ1) is 35.2. The second kappa shape index (κ2) is 16.2. The molecule has 0 unspecified atom stereocenters. The van der Waals surface area contributed by atoms with Crippen molar-refractivity contribution in [2.75, 3.05) is 46.9 Å². The summed E-state index contributed by atoms with van der Waals surface area (Å²) in [6, 6.07) is 10.5. The Hall–Kier alpha value is -4.67. The standard InChI is InChI=1S/C36H47N5O6/c1-23-18-24(2)34-28(19-23)29(20-25(3)38-34)36(45)41-16-8-7-15-40(5)35(44)26(4)39-33(43)22-47-31-21-27(10-12-30(31)46-6)11-13-32(42)37-14-9-17-41/h10,12,18-21,26H,7-9,11,13-17,22H2,1-6H3,(H,37,42)(H,39,43)/t26-/m0/s1. The zero-order valence-electron chi connectivity index (χ0n) is 28.4. The lowest BCUT2D eigenvalue weighted by Gasteiger charge is -2.25. The van der Waals surface area contributed by atoms with Crippen molar-refractivity contribution in [3.05, 3.63) is 64.3 Å². The molecule has 2 aromatic carbocycles. The minimum Gasteiger partial charge on any atom is -0.493 e. The highest BCUT2D eigenvalue weighted by Crippen LogP contribution is 2.29. The van der Waals surface area contributed by atoms with Crippen molar-refractivity contribution in [2.24, 2.45) is 0 Å². The summed E-state index contributed by atoms with van der Waals surface area (Å²) in [4.78, 5) is 60.7. The number of amides is 4. The van der Waals surface area contributed by atoms with E-state index in [4.69, 9.17) is 14.5 Å². The van der Waals surface area contributed by atoms with E-state index in [2.05, 4.69) is 16.7 Å². The Bertz CT molecular complexity index is 1620. The van der Waals surface area contributed by atoms with Crippen molar-refractivity contribution < 1.29 is 28.7 Å². The van der Waals surface area contributed by atoms with Gasteiger partial charge < -0.3 is 29.9 Å². The quantitative estimate of drug-likeness (QED) is 0.433. The van der Waals surface area contributed by atoms with Crippen LogP contribution in [0, 0.1) is 20.8 Å². The summed E-state index contributed by atoms with van der Waals surface area (Å²) in [6.07, 6.45) is 2.66. The van der Waals surface area contributed by atoms with Crippen LogP contribution in [-0.2, 0) is 20.8 Å². The lowest BCUT2D eigenvalue weighted by atomic mass is 10.0. The number of fused-ring (bicyclic) bond motifs is 3. The molecule has 11 heteroatoms.